The molecule has 7 nitrogen and oxygen atoms in total. The van der Waals surface area contributed by atoms with Crippen LogP contribution in [0.2, 0.25) is 0 Å². The molecule has 0 amide bonds. The van der Waals surface area contributed by atoms with Gasteiger partial charge in [-0.2, -0.15) is 4.31 Å². The number of rotatable bonds is 7. The van der Waals surface area contributed by atoms with E-state index in [1.165, 1.54) is 16.4 Å². The van der Waals surface area contributed by atoms with Crippen LogP contribution in [0.25, 0.3) is 0 Å². The summed E-state index contributed by atoms with van der Waals surface area (Å²) in [5.41, 5.74) is 1.35. The molecule has 0 fully saturated rings. The monoisotopic (exact) mass is 366 g/mol. The predicted octanol–water partition coefficient (Wildman–Crippen LogP) is 2.68. The van der Waals surface area contributed by atoms with Gasteiger partial charge in [-0.05, 0) is 31.5 Å². The van der Waals surface area contributed by atoms with Gasteiger partial charge in [0.2, 0.25) is 10.0 Å². The summed E-state index contributed by atoms with van der Waals surface area (Å²) in [5.74, 6) is 0.0179. The molecular weight excluding hydrogens is 344 g/mol. The molecule has 2 rings (SSSR count). The molecule has 0 radical (unpaired) electrons. The molecule has 1 aromatic carbocycles. The molecule has 0 spiro atoms. The Morgan fingerprint density at radius 2 is 1.88 bits per heavy atom. The van der Waals surface area contributed by atoms with Crippen molar-refractivity contribution in [3.8, 4) is 0 Å². The Kier molecular flexibility index (Phi) is 5.97. The van der Waals surface area contributed by atoms with E-state index in [1.807, 2.05) is 0 Å². The van der Waals surface area contributed by atoms with Crippen molar-refractivity contribution in [3.63, 3.8) is 0 Å². The average molecular weight is 366 g/mol. The first-order chi connectivity index (χ1) is 11.8. The Bertz CT molecular complexity index is 854. The van der Waals surface area contributed by atoms with Crippen LogP contribution in [-0.2, 0) is 21.4 Å². The Morgan fingerprint density at radius 3 is 2.44 bits per heavy atom. The molecule has 8 heteroatoms. The lowest BCUT2D eigenvalue weighted by Crippen LogP contribution is -2.30. The molecule has 0 aliphatic rings. The van der Waals surface area contributed by atoms with Crippen LogP contribution in [0.3, 0.4) is 0 Å². The highest BCUT2D eigenvalue weighted by atomic mass is 32.2. The zero-order valence-electron chi connectivity index (χ0n) is 14.8. The summed E-state index contributed by atoms with van der Waals surface area (Å²) < 4.78 is 36.7. The first-order valence-electron chi connectivity index (χ1n) is 7.99. The SMILES string of the molecule is CCN(CC)S(=O)(=O)c1ccc(C)c(C(=O)OCc2cc(C)on2)c1. The van der Waals surface area contributed by atoms with Gasteiger partial charge >= 0.3 is 5.97 Å². The molecule has 0 N–H and O–H groups in total. The van der Waals surface area contributed by atoms with E-state index in [0.717, 1.165) is 0 Å². The van der Waals surface area contributed by atoms with Crippen LogP contribution in [0.15, 0.2) is 33.7 Å². The minimum Gasteiger partial charge on any atom is -0.455 e. The number of benzene rings is 1. The lowest BCUT2D eigenvalue weighted by Gasteiger charge is -2.19. The van der Waals surface area contributed by atoms with E-state index in [-0.39, 0.29) is 17.1 Å². The van der Waals surface area contributed by atoms with Crippen LogP contribution in [0, 0.1) is 13.8 Å². The van der Waals surface area contributed by atoms with Crippen molar-refractivity contribution in [2.24, 2.45) is 0 Å². The molecule has 1 aromatic heterocycles. The van der Waals surface area contributed by atoms with Crippen molar-refractivity contribution in [3.05, 3.63) is 46.8 Å². The standard InChI is InChI=1S/C17H22N2O5S/c1-5-19(6-2)25(21,22)15-8-7-12(3)16(10-15)17(20)23-11-14-9-13(4)24-18-14/h7-10H,5-6,11H2,1-4H3. The summed E-state index contributed by atoms with van der Waals surface area (Å²) in [7, 11) is -3.64. The van der Waals surface area contributed by atoms with Gasteiger partial charge < -0.3 is 9.26 Å². The van der Waals surface area contributed by atoms with E-state index >= 15 is 0 Å². The number of aryl methyl sites for hydroxylation is 2. The summed E-state index contributed by atoms with van der Waals surface area (Å²) in [5, 5.41) is 3.75. The summed E-state index contributed by atoms with van der Waals surface area (Å²) in [6, 6.07) is 6.13. The number of ether oxygens (including phenoxy) is 1. The summed E-state index contributed by atoms with van der Waals surface area (Å²) >= 11 is 0. The molecule has 0 saturated carbocycles. The minimum atomic E-state index is -3.64. The number of aromatic nitrogens is 1. The van der Waals surface area contributed by atoms with E-state index in [1.54, 1.807) is 39.8 Å². The Balaban J connectivity index is 2.24. The first-order valence-corrected chi connectivity index (χ1v) is 9.43. The molecule has 0 aliphatic heterocycles. The number of hydrogen-bond donors (Lipinski definition) is 0. The van der Waals surface area contributed by atoms with Crippen molar-refractivity contribution in [2.45, 2.75) is 39.2 Å². The van der Waals surface area contributed by atoms with Crippen LogP contribution in [0.4, 0.5) is 0 Å². The van der Waals surface area contributed by atoms with E-state index in [4.69, 9.17) is 9.26 Å². The maximum absolute atomic E-state index is 12.6. The highest BCUT2D eigenvalue weighted by Gasteiger charge is 2.24. The number of nitrogens with zero attached hydrogens (tertiary/aromatic N) is 2. The molecule has 0 atom stereocenters. The van der Waals surface area contributed by atoms with E-state index < -0.39 is 16.0 Å². The Hall–Kier alpha value is -2.19. The number of carbonyl (C=O) groups is 1. The molecular formula is C17H22N2O5S. The third kappa shape index (κ3) is 4.26. The second-order valence-electron chi connectivity index (χ2n) is 5.57. The van der Waals surface area contributed by atoms with Gasteiger partial charge in [0.15, 0.2) is 0 Å². The third-order valence-corrected chi connectivity index (χ3v) is 5.85. The van der Waals surface area contributed by atoms with Gasteiger partial charge in [-0.1, -0.05) is 25.1 Å². The highest BCUT2D eigenvalue weighted by molar-refractivity contribution is 7.89. The second-order valence-corrected chi connectivity index (χ2v) is 7.51. The van der Waals surface area contributed by atoms with E-state index in [2.05, 4.69) is 5.16 Å². The quantitative estimate of drug-likeness (QED) is 0.700. The fourth-order valence-electron chi connectivity index (χ4n) is 2.40. The Morgan fingerprint density at radius 1 is 1.20 bits per heavy atom. The van der Waals surface area contributed by atoms with Gasteiger partial charge in [-0.3, -0.25) is 0 Å². The van der Waals surface area contributed by atoms with Crippen molar-refractivity contribution in [2.75, 3.05) is 13.1 Å². The largest absolute Gasteiger partial charge is 0.455 e. The molecule has 0 bridgehead atoms. The zero-order chi connectivity index (χ0) is 18.6. The maximum Gasteiger partial charge on any atom is 0.338 e. The van der Waals surface area contributed by atoms with E-state index in [9.17, 15) is 13.2 Å². The van der Waals surface area contributed by atoms with Gasteiger partial charge in [-0.15, -0.1) is 0 Å². The molecule has 1 heterocycles. The summed E-state index contributed by atoms with van der Waals surface area (Å²) in [6.45, 7) is 7.68. The summed E-state index contributed by atoms with van der Waals surface area (Å²) in [6.07, 6.45) is 0. The van der Waals surface area contributed by atoms with Gasteiger partial charge in [-0.25, -0.2) is 13.2 Å². The van der Waals surface area contributed by atoms with Crippen molar-refractivity contribution in [1.29, 1.82) is 0 Å². The smallest absolute Gasteiger partial charge is 0.338 e. The maximum atomic E-state index is 12.6. The molecule has 136 valence electrons. The van der Waals surface area contributed by atoms with Gasteiger partial charge in [0, 0.05) is 19.2 Å². The van der Waals surface area contributed by atoms with Gasteiger partial charge in [0.05, 0.1) is 10.5 Å². The third-order valence-electron chi connectivity index (χ3n) is 3.80. The van der Waals surface area contributed by atoms with Crippen LogP contribution in [-0.4, -0.2) is 36.9 Å². The van der Waals surface area contributed by atoms with Crippen LogP contribution >= 0.6 is 0 Å². The Labute approximate surface area is 147 Å². The topological polar surface area (TPSA) is 89.7 Å². The van der Waals surface area contributed by atoms with Crippen LogP contribution in [0.5, 0.6) is 0 Å². The lowest BCUT2D eigenvalue weighted by atomic mass is 10.1. The minimum absolute atomic E-state index is 0.0391. The average Bonchev–Trinajstić information content (AvgIpc) is 2.99. The molecule has 0 unspecified atom stereocenters. The van der Waals surface area contributed by atoms with Crippen molar-refractivity contribution in [1.82, 2.24) is 9.46 Å². The number of carbonyl (C=O) groups excluding carboxylic acids is 1. The van der Waals surface area contributed by atoms with Crippen molar-refractivity contribution >= 4 is 16.0 Å². The normalized spacial score (nSPS) is 11.7. The van der Waals surface area contributed by atoms with Gasteiger partial charge in [0.1, 0.15) is 18.1 Å². The number of hydrogen-bond acceptors (Lipinski definition) is 6. The van der Waals surface area contributed by atoms with Crippen molar-refractivity contribution < 1.29 is 22.5 Å². The molecule has 0 saturated heterocycles. The first kappa shape index (κ1) is 19.1. The lowest BCUT2D eigenvalue weighted by molar-refractivity contribution is 0.0463. The van der Waals surface area contributed by atoms with Gasteiger partial charge in [0.25, 0.3) is 0 Å². The molecule has 25 heavy (non-hydrogen) atoms. The molecule has 0 aliphatic carbocycles. The molecule has 2 aromatic rings. The van der Waals surface area contributed by atoms with Crippen LogP contribution < -0.4 is 0 Å². The predicted molar refractivity (Wildman–Crippen MR) is 91.6 cm³/mol. The van der Waals surface area contributed by atoms with Crippen LogP contribution in [0.1, 0.15) is 41.2 Å². The second kappa shape index (κ2) is 7.79. The highest BCUT2D eigenvalue weighted by Crippen LogP contribution is 2.20. The number of esters is 1. The summed E-state index contributed by atoms with van der Waals surface area (Å²) in [4.78, 5) is 12.4. The fraction of sp³-hybridized carbons (Fsp3) is 0.412. The van der Waals surface area contributed by atoms with E-state index in [0.29, 0.717) is 30.1 Å². The zero-order valence-corrected chi connectivity index (χ0v) is 15.6. The fourth-order valence-corrected chi connectivity index (χ4v) is 3.88. The number of sulfonamides is 1.